The van der Waals surface area contributed by atoms with E-state index in [1.165, 1.54) is 18.4 Å². The van der Waals surface area contributed by atoms with E-state index in [2.05, 4.69) is 30.4 Å². The second kappa shape index (κ2) is 4.68. The summed E-state index contributed by atoms with van der Waals surface area (Å²) < 4.78 is 0. The van der Waals surface area contributed by atoms with Crippen LogP contribution in [0.15, 0.2) is 24.3 Å². The summed E-state index contributed by atoms with van der Waals surface area (Å²) in [5.41, 5.74) is 1.62. The highest BCUT2D eigenvalue weighted by Crippen LogP contribution is 2.77. The fourth-order valence-electron chi connectivity index (χ4n) is 6.84. The van der Waals surface area contributed by atoms with E-state index >= 15 is 0 Å². The molecule has 4 aliphatic rings. The molecule has 0 radical (unpaired) electrons. The number of nitrogens with one attached hydrogen (secondary N) is 1. The minimum absolute atomic E-state index is 0.137. The molecule has 25 heavy (non-hydrogen) atoms. The molecule has 0 heterocycles. The molecular formula is C22H29NO2. The Morgan fingerprint density at radius 2 is 2.00 bits per heavy atom. The maximum absolute atomic E-state index is 13.2. The van der Waals surface area contributed by atoms with Crippen molar-refractivity contribution < 1.29 is 9.90 Å². The van der Waals surface area contributed by atoms with Gasteiger partial charge in [0.1, 0.15) is 0 Å². The molecule has 5 rings (SSSR count). The molecule has 4 saturated carbocycles. The lowest BCUT2D eigenvalue weighted by molar-refractivity contribution is -0.126. The molecule has 1 amide bonds. The van der Waals surface area contributed by atoms with Gasteiger partial charge in [-0.1, -0.05) is 29.8 Å². The zero-order chi connectivity index (χ0) is 17.6. The highest BCUT2D eigenvalue weighted by Gasteiger charge is 2.78. The van der Waals surface area contributed by atoms with E-state index in [4.69, 9.17) is 0 Å². The van der Waals surface area contributed by atoms with Gasteiger partial charge >= 0.3 is 0 Å². The van der Waals surface area contributed by atoms with Gasteiger partial charge in [0.15, 0.2) is 0 Å². The second-order valence-electron chi connectivity index (χ2n) is 9.91. The molecule has 3 heteroatoms. The standard InChI is InChI=1S/C22H29NO2/c1-13-5-4-6-15(9-13)20(2,3)19(24)23-18-17-12-21(25)10-14-7-8-22(17,18)16(14)11-21/h4-6,9,14,16-18,25H,7-8,10-12H2,1-3H3,(H,23,24)/t14?,16?,17?,18-,21+,22?/m0/s1. The first-order chi connectivity index (χ1) is 11.8. The topological polar surface area (TPSA) is 49.3 Å². The molecule has 2 bridgehead atoms. The summed E-state index contributed by atoms with van der Waals surface area (Å²) >= 11 is 0. The minimum Gasteiger partial charge on any atom is -0.390 e. The van der Waals surface area contributed by atoms with Crippen molar-refractivity contribution in [3.63, 3.8) is 0 Å². The number of hydrogen-bond donors (Lipinski definition) is 2. The van der Waals surface area contributed by atoms with Crippen molar-refractivity contribution in [1.29, 1.82) is 0 Å². The van der Waals surface area contributed by atoms with Gasteiger partial charge in [0, 0.05) is 6.04 Å². The summed E-state index contributed by atoms with van der Waals surface area (Å²) in [5.74, 6) is 1.98. The van der Waals surface area contributed by atoms with Gasteiger partial charge < -0.3 is 10.4 Å². The predicted molar refractivity (Wildman–Crippen MR) is 97.1 cm³/mol. The number of amides is 1. The van der Waals surface area contributed by atoms with Crippen LogP contribution in [0.4, 0.5) is 0 Å². The van der Waals surface area contributed by atoms with Gasteiger partial charge in [-0.15, -0.1) is 0 Å². The van der Waals surface area contributed by atoms with Crippen LogP contribution in [0.3, 0.4) is 0 Å². The van der Waals surface area contributed by atoms with Crippen molar-refractivity contribution in [2.45, 2.75) is 69.9 Å². The number of aryl methyl sites for hydroxylation is 1. The Morgan fingerprint density at radius 1 is 1.24 bits per heavy atom. The van der Waals surface area contributed by atoms with Crippen LogP contribution in [0.5, 0.6) is 0 Å². The lowest BCUT2D eigenvalue weighted by Gasteiger charge is -2.31. The largest absolute Gasteiger partial charge is 0.390 e. The Morgan fingerprint density at radius 3 is 2.76 bits per heavy atom. The van der Waals surface area contributed by atoms with E-state index in [1.807, 2.05) is 19.9 Å². The van der Waals surface area contributed by atoms with Gasteiger partial charge in [-0.25, -0.2) is 0 Å². The van der Waals surface area contributed by atoms with Gasteiger partial charge in [-0.2, -0.15) is 0 Å². The Bertz CT molecular complexity index is 756. The molecule has 4 unspecified atom stereocenters. The maximum atomic E-state index is 13.2. The zero-order valence-corrected chi connectivity index (χ0v) is 15.5. The van der Waals surface area contributed by atoms with E-state index in [9.17, 15) is 9.90 Å². The van der Waals surface area contributed by atoms with Crippen LogP contribution in [-0.2, 0) is 10.2 Å². The minimum atomic E-state index is -0.525. The van der Waals surface area contributed by atoms with Crippen LogP contribution in [0.2, 0.25) is 0 Å². The molecule has 1 aromatic rings. The van der Waals surface area contributed by atoms with E-state index in [0.29, 0.717) is 23.2 Å². The molecule has 4 fully saturated rings. The third-order valence-corrected chi connectivity index (χ3v) is 8.21. The lowest BCUT2D eigenvalue weighted by atomic mass is 9.78. The van der Waals surface area contributed by atoms with Crippen molar-refractivity contribution in [3.05, 3.63) is 35.4 Å². The quantitative estimate of drug-likeness (QED) is 0.887. The first-order valence-corrected chi connectivity index (χ1v) is 9.87. The van der Waals surface area contributed by atoms with Crippen LogP contribution in [-0.4, -0.2) is 22.7 Å². The third kappa shape index (κ3) is 1.99. The fourth-order valence-corrected chi connectivity index (χ4v) is 6.84. The Kier molecular flexibility index (Phi) is 2.97. The summed E-state index contributed by atoms with van der Waals surface area (Å²) in [6.07, 6.45) is 5.37. The number of fused-ring (bicyclic) bond motifs is 1. The van der Waals surface area contributed by atoms with Gasteiger partial charge in [0.05, 0.1) is 11.0 Å². The third-order valence-electron chi connectivity index (χ3n) is 8.21. The zero-order valence-electron chi connectivity index (χ0n) is 15.5. The average molecular weight is 339 g/mol. The van der Waals surface area contributed by atoms with Crippen LogP contribution in [0.25, 0.3) is 0 Å². The summed E-state index contributed by atoms with van der Waals surface area (Å²) in [6.45, 7) is 6.12. The molecular weight excluding hydrogens is 310 g/mol. The predicted octanol–water partition coefficient (Wildman–Crippen LogP) is 3.33. The summed E-state index contributed by atoms with van der Waals surface area (Å²) in [6, 6.07) is 8.57. The van der Waals surface area contributed by atoms with E-state index in [-0.39, 0.29) is 11.9 Å². The molecule has 134 valence electrons. The monoisotopic (exact) mass is 339 g/mol. The number of hydrogen-bond acceptors (Lipinski definition) is 2. The summed E-state index contributed by atoms with van der Waals surface area (Å²) in [7, 11) is 0. The Labute approximate surface area is 150 Å². The van der Waals surface area contributed by atoms with Gasteiger partial charge in [-0.3, -0.25) is 4.79 Å². The first-order valence-electron chi connectivity index (χ1n) is 9.87. The summed E-state index contributed by atoms with van der Waals surface area (Å²) in [4.78, 5) is 13.2. The van der Waals surface area contributed by atoms with Gasteiger partial charge in [0.2, 0.25) is 5.91 Å². The molecule has 0 saturated heterocycles. The maximum Gasteiger partial charge on any atom is 0.230 e. The van der Waals surface area contributed by atoms with Gasteiger partial charge in [0.25, 0.3) is 0 Å². The first kappa shape index (κ1) is 15.9. The highest BCUT2D eigenvalue weighted by atomic mass is 16.3. The molecule has 2 N–H and O–H groups in total. The Hall–Kier alpha value is -1.35. The van der Waals surface area contributed by atoms with Crippen molar-refractivity contribution in [1.82, 2.24) is 5.32 Å². The van der Waals surface area contributed by atoms with Crippen molar-refractivity contribution in [2.24, 2.45) is 23.2 Å². The van der Waals surface area contributed by atoms with Crippen LogP contribution in [0.1, 0.15) is 57.1 Å². The highest BCUT2D eigenvalue weighted by molar-refractivity contribution is 5.88. The Balaban J connectivity index is 1.38. The average Bonchev–Trinajstić information content (AvgIpc) is 2.84. The normalized spacial score (nSPS) is 43.7. The molecule has 1 aromatic carbocycles. The van der Waals surface area contributed by atoms with Gasteiger partial charge in [-0.05, 0) is 81.6 Å². The number of carbonyl (C=O) groups excluding carboxylic acids is 1. The van der Waals surface area contributed by atoms with Crippen molar-refractivity contribution in [2.75, 3.05) is 0 Å². The molecule has 0 aliphatic heterocycles. The molecule has 4 aliphatic carbocycles. The number of carbonyl (C=O) groups is 1. The van der Waals surface area contributed by atoms with E-state index in [1.54, 1.807) is 0 Å². The lowest BCUT2D eigenvalue weighted by Crippen LogP contribution is -2.43. The fraction of sp³-hybridized carbons (Fsp3) is 0.682. The van der Waals surface area contributed by atoms with Crippen LogP contribution in [0, 0.1) is 30.1 Å². The van der Waals surface area contributed by atoms with Crippen molar-refractivity contribution in [3.8, 4) is 0 Å². The smallest absolute Gasteiger partial charge is 0.230 e. The molecule has 6 atom stereocenters. The number of rotatable bonds is 3. The van der Waals surface area contributed by atoms with Crippen LogP contribution >= 0.6 is 0 Å². The SMILES string of the molecule is Cc1cccc(C(C)(C)C(=O)N[C@H]2C3C[C@@]4(O)CC5CCC32C5C4)c1. The molecule has 0 aromatic heterocycles. The molecule has 3 nitrogen and oxygen atoms in total. The van der Waals surface area contributed by atoms with E-state index < -0.39 is 11.0 Å². The number of aliphatic hydroxyl groups is 1. The summed E-state index contributed by atoms with van der Waals surface area (Å²) in [5, 5.41) is 14.3. The molecule has 1 spiro atoms. The number of benzene rings is 1. The van der Waals surface area contributed by atoms with E-state index in [0.717, 1.165) is 24.8 Å². The van der Waals surface area contributed by atoms with Crippen LogP contribution < -0.4 is 5.32 Å². The second-order valence-corrected chi connectivity index (χ2v) is 9.91. The van der Waals surface area contributed by atoms with Crippen molar-refractivity contribution >= 4 is 5.91 Å².